The number of ether oxygens (including phenoxy) is 1. The third-order valence-electron chi connectivity index (χ3n) is 2.78. The fourth-order valence-corrected chi connectivity index (χ4v) is 1.65. The van der Waals surface area contributed by atoms with Crippen molar-refractivity contribution in [3.8, 4) is 11.5 Å². The molecular weight excluding hydrogens is 298 g/mol. The molecule has 114 valence electrons. The van der Waals surface area contributed by atoms with Gasteiger partial charge in [0.1, 0.15) is 17.1 Å². The highest BCUT2D eigenvalue weighted by atomic mass is 19.2. The standard InChI is InChI=1S/C15H10F2O5/c16-11-4-1-8(5-12(11)17)14(20)7-22-15(21)10-3-2-9(18)6-13(10)19/h1-6,18-19H,7H2. The van der Waals surface area contributed by atoms with Crippen molar-refractivity contribution < 1.29 is 33.3 Å². The Kier molecular flexibility index (Phi) is 4.36. The van der Waals surface area contributed by atoms with Crippen molar-refractivity contribution in [3.05, 3.63) is 59.2 Å². The topological polar surface area (TPSA) is 83.8 Å². The van der Waals surface area contributed by atoms with Crippen LogP contribution in [0.15, 0.2) is 36.4 Å². The molecule has 7 heteroatoms. The normalized spacial score (nSPS) is 10.3. The second-order valence-corrected chi connectivity index (χ2v) is 4.33. The first-order chi connectivity index (χ1) is 10.4. The molecule has 0 heterocycles. The lowest BCUT2D eigenvalue weighted by Gasteiger charge is -2.06. The quantitative estimate of drug-likeness (QED) is 0.669. The minimum atomic E-state index is -1.19. The second kappa shape index (κ2) is 6.21. The van der Waals surface area contributed by atoms with Crippen LogP contribution in [0.4, 0.5) is 8.78 Å². The highest BCUT2D eigenvalue weighted by molar-refractivity contribution is 6.00. The van der Waals surface area contributed by atoms with E-state index < -0.39 is 35.7 Å². The molecular formula is C15H10F2O5. The average Bonchev–Trinajstić information content (AvgIpc) is 2.47. The van der Waals surface area contributed by atoms with Gasteiger partial charge in [-0.25, -0.2) is 13.6 Å². The Morgan fingerprint density at radius 2 is 1.73 bits per heavy atom. The Labute approximate surface area is 123 Å². The van der Waals surface area contributed by atoms with Crippen LogP contribution in [0.3, 0.4) is 0 Å². The molecule has 0 bridgehead atoms. The Bertz CT molecular complexity index is 743. The first-order valence-electron chi connectivity index (χ1n) is 6.06. The summed E-state index contributed by atoms with van der Waals surface area (Å²) in [5, 5.41) is 18.6. The zero-order valence-electron chi connectivity index (χ0n) is 11.0. The van der Waals surface area contributed by atoms with Gasteiger partial charge in [-0.1, -0.05) is 0 Å². The van der Waals surface area contributed by atoms with Gasteiger partial charge in [-0.05, 0) is 30.3 Å². The molecule has 2 N–H and O–H groups in total. The van der Waals surface area contributed by atoms with Crippen molar-refractivity contribution >= 4 is 11.8 Å². The van der Waals surface area contributed by atoms with E-state index in [1.165, 1.54) is 0 Å². The van der Waals surface area contributed by atoms with Gasteiger partial charge in [0.2, 0.25) is 0 Å². The zero-order chi connectivity index (χ0) is 16.3. The zero-order valence-corrected chi connectivity index (χ0v) is 11.0. The van der Waals surface area contributed by atoms with Crippen LogP contribution in [0.1, 0.15) is 20.7 Å². The molecule has 0 aliphatic rings. The number of Topliss-reactive ketones (excluding diaryl/α,β-unsaturated/α-hetero) is 1. The van der Waals surface area contributed by atoms with Gasteiger partial charge in [-0.3, -0.25) is 4.79 Å². The summed E-state index contributed by atoms with van der Waals surface area (Å²) in [5.74, 6) is -4.76. The molecule has 2 aromatic carbocycles. The van der Waals surface area contributed by atoms with Crippen LogP contribution in [-0.2, 0) is 4.74 Å². The molecule has 0 spiro atoms. The fraction of sp³-hybridized carbons (Fsp3) is 0.0667. The summed E-state index contributed by atoms with van der Waals surface area (Å²) in [6.45, 7) is -0.704. The maximum absolute atomic E-state index is 13.0. The lowest BCUT2D eigenvalue weighted by atomic mass is 10.1. The molecule has 2 aromatic rings. The number of phenols is 2. The Morgan fingerprint density at radius 1 is 1.00 bits per heavy atom. The van der Waals surface area contributed by atoms with Gasteiger partial charge in [0, 0.05) is 11.6 Å². The lowest BCUT2D eigenvalue weighted by molar-refractivity contribution is 0.0471. The van der Waals surface area contributed by atoms with E-state index in [2.05, 4.69) is 4.74 Å². The van der Waals surface area contributed by atoms with E-state index in [0.29, 0.717) is 6.07 Å². The molecule has 0 atom stereocenters. The van der Waals surface area contributed by atoms with Crippen molar-refractivity contribution in [1.29, 1.82) is 0 Å². The van der Waals surface area contributed by atoms with E-state index in [9.17, 15) is 23.5 Å². The minimum absolute atomic E-state index is 0.151. The van der Waals surface area contributed by atoms with Crippen molar-refractivity contribution in [2.24, 2.45) is 0 Å². The van der Waals surface area contributed by atoms with Crippen LogP contribution < -0.4 is 0 Å². The van der Waals surface area contributed by atoms with E-state index in [1.807, 2.05) is 0 Å². The van der Waals surface area contributed by atoms with Crippen LogP contribution in [0.25, 0.3) is 0 Å². The number of esters is 1. The summed E-state index contributed by atoms with van der Waals surface area (Å²) in [5.41, 5.74) is -0.391. The molecule has 0 unspecified atom stereocenters. The number of phenolic OH excluding ortho intramolecular Hbond substituents is 2. The largest absolute Gasteiger partial charge is 0.508 e. The van der Waals surface area contributed by atoms with E-state index in [4.69, 9.17) is 5.11 Å². The molecule has 0 aliphatic carbocycles. The smallest absolute Gasteiger partial charge is 0.342 e. The molecule has 0 fully saturated rings. The van der Waals surface area contributed by atoms with Crippen molar-refractivity contribution in [3.63, 3.8) is 0 Å². The Balaban J connectivity index is 2.04. The molecule has 0 aromatic heterocycles. The number of benzene rings is 2. The number of halogens is 2. The molecule has 22 heavy (non-hydrogen) atoms. The number of ketones is 1. The first kappa shape index (κ1) is 15.4. The minimum Gasteiger partial charge on any atom is -0.508 e. The van der Waals surface area contributed by atoms with Gasteiger partial charge in [0.05, 0.1) is 0 Å². The van der Waals surface area contributed by atoms with Gasteiger partial charge in [-0.2, -0.15) is 0 Å². The summed E-state index contributed by atoms with van der Waals surface area (Å²) >= 11 is 0. The lowest BCUT2D eigenvalue weighted by Crippen LogP contribution is -2.14. The predicted octanol–water partition coefficient (Wildman–Crippen LogP) is 2.42. The fourth-order valence-electron chi connectivity index (χ4n) is 1.65. The third kappa shape index (κ3) is 3.38. The van der Waals surface area contributed by atoms with Crippen molar-refractivity contribution in [2.75, 3.05) is 6.61 Å². The molecule has 5 nitrogen and oxygen atoms in total. The van der Waals surface area contributed by atoms with Gasteiger partial charge in [-0.15, -0.1) is 0 Å². The number of carbonyl (C=O) groups is 2. The highest BCUT2D eigenvalue weighted by Crippen LogP contribution is 2.23. The van der Waals surface area contributed by atoms with E-state index in [1.54, 1.807) is 0 Å². The second-order valence-electron chi connectivity index (χ2n) is 4.33. The number of aromatic hydroxyl groups is 2. The Morgan fingerprint density at radius 3 is 2.36 bits per heavy atom. The first-order valence-corrected chi connectivity index (χ1v) is 6.06. The number of rotatable bonds is 4. The predicted molar refractivity (Wildman–Crippen MR) is 70.7 cm³/mol. The monoisotopic (exact) mass is 308 g/mol. The molecule has 2 rings (SSSR count). The van der Waals surface area contributed by atoms with Crippen LogP contribution in [0.2, 0.25) is 0 Å². The van der Waals surface area contributed by atoms with Crippen LogP contribution in [0, 0.1) is 11.6 Å². The van der Waals surface area contributed by atoms with E-state index >= 15 is 0 Å². The maximum Gasteiger partial charge on any atom is 0.342 e. The van der Waals surface area contributed by atoms with E-state index in [-0.39, 0.29) is 16.9 Å². The van der Waals surface area contributed by atoms with Crippen LogP contribution >= 0.6 is 0 Å². The SMILES string of the molecule is O=C(COC(=O)c1ccc(O)cc1O)c1ccc(F)c(F)c1. The summed E-state index contributed by atoms with van der Waals surface area (Å²) in [7, 11) is 0. The Hall–Kier alpha value is -2.96. The number of hydrogen-bond donors (Lipinski definition) is 2. The summed E-state index contributed by atoms with van der Waals surface area (Å²) in [6.07, 6.45) is 0. The maximum atomic E-state index is 13.0. The van der Waals surface area contributed by atoms with Gasteiger partial charge < -0.3 is 14.9 Å². The molecule has 0 amide bonds. The van der Waals surface area contributed by atoms with Gasteiger partial charge in [0.15, 0.2) is 24.0 Å². The third-order valence-corrected chi connectivity index (χ3v) is 2.78. The number of hydrogen-bond acceptors (Lipinski definition) is 5. The molecule has 0 radical (unpaired) electrons. The van der Waals surface area contributed by atoms with Crippen molar-refractivity contribution in [2.45, 2.75) is 0 Å². The van der Waals surface area contributed by atoms with Crippen molar-refractivity contribution in [1.82, 2.24) is 0 Å². The molecule has 0 saturated carbocycles. The summed E-state index contributed by atoms with van der Waals surface area (Å²) < 4.78 is 30.4. The van der Waals surface area contributed by atoms with E-state index in [0.717, 1.165) is 30.3 Å². The summed E-state index contributed by atoms with van der Waals surface area (Å²) in [4.78, 5) is 23.4. The summed E-state index contributed by atoms with van der Waals surface area (Å²) in [6, 6.07) is 5.77. The van der Waals surface area contributed by atoms with Crippen LogP contribution in [-0.4, -0.2) is 28.6 Å². The van der Waals surface area contributed by atoms with Gasteiger partial charge in [0.25, 0.3) is 0 Å². The molecule has 0 aliphatic heterocycles. The highest BCUT2D eigenvalue weighted by Gasteiger charge is 2.16. The number of carbonyl (C=O) groups excluding carboxylic acids is 2. The van der Waals surface area contributed by atoms with Crippen LogP contribution in [0.5, 0.6) is 11.5 Å². The van der Waals surface area contributed by atoms with Gasteiger partial charge >= 0.3 is 5.97 Å². The molecule has 0 saturated heterocycles. The average molecular weight is 308 g/mol.